The summed E-state index contributed by atoms with van der Waals surface area (Å²) in [6.07, 6.45) is 1.04. The summed E-state index contributed by atoms with van der Waals surface area (Å²) in [5.74, 6) is -0.563. The van der Waals surface area contributed by atoms with Crippen LogP contribution in [-0.2, 0) is 9.59 Å². The van der Waals surface area contributed by atoms with Gasteiger partial charge in [-0.2, -0.15) is 0 Å². The van der Waals surface area contributed by atoms with E-state index in [0.717, 1.165) is 11.3 Å². The lowest BCUT2D eigenvalue weighted by Crippen LogP contribution is -2.31. The fourth-order valence-corrected chi connectivity index (χ4v) is 6.04. The summed E-state index contributed by atoms with van der Waals surface area (Å²) in [5, 5.41) is 17.5. The van der Waals surface area contributed by atoms with Crippen LogP contribution in [0, 0.1) is 0 Å². The Labute approximate surface area is 215 Å². The standard InChI is InChI=1S/C28H23N3O5S/c32-21-14-17(22-7-4-12-37-22)13-20-25(21)24(16-8-10-19(11-9-16)36-15-23(33)34)26-27(29-20)30-31(28(26)35)18-5-2-1-3-6-18/h1-12,17,24,29-30H,13-15H2,(H,33,34)/t17-,24-/m0/s1. The van der Waals surface area contributed by atoms with Gasteiger partial charge in [0.2, 0.25) is 0 Å². The molecule has 0 spiro atoms. The number of Topliss-reactive ketones (excluding diaryl/α,β-unsaturated/α-hetero) is 1. The van der Waals surface area contributed by atoms with Crippen LogP contribution in [0.25, 0.3) is 5.69 Å². The Morgan fingerprint density at radius 1 is 1.03 bits per heavy atom. The number of hydrogen-bond acceptors (Lipinski definition) is 6. The number of nitrogens with one attached hydrogen (secondary N) is 2. The van der Waals surface area contributed by atoms with Gasteiger partial charge >= 0.3 is 5.97 Å². The summed E-state index contributed by atoms with van der Waals surface area (Å²) in [6.45, 7) is -0.450. The van der Waals surface area contributed by atoms with Gasteiger partial charge in [0.25, 0.3) is 5.56 Å². The van der Waals surface area contributed by atoms with E-state index >= 15 is 0 Å². The number of carboxylic acid groups (broad SMARTS) is 1. The van der Waals surface area contributed by atoms with Crippen LogP contribution in [0.2, 0.25) is 0 Å². The molecule has 4 aromatic rings. The second-order valence-electron chi connectivity index (χ2n) is 9.12. The molecule has 0 radical (unpaired) electrons. The molecule has 0 unspecified atom stereocenters. The van der Waals surface area contributed by atoms with Gasteiger partial charge in [0, 0.05) is 34.4 Å². The molecule has 3 N–H and O–H groups in total. The number of H-pyrrole nitrogens is 1. The van der Waals surface area contributed by atoms with E-state index in [-0.39, 0.29) is 17.3 Å². The van der Waals surface area contributed by atoms with Gasteiger partial charge in [0.15, 0.2) is 12.4 Å². The number of aromatic amines is 1. The Morgan fingerprint density at radius 2 is 1.81 bits per heavy atom. The number of allylic oxidation sites excluding steroid dienone is 2. The maximum absolute atomic E-state index is 13.7. The minimum atomic E-state index is -1.07. The molecule has 1 aliphatic heterocycles. The van der Waals surface area contributed by atoms with Gasteiger partial charge in [0.05, 0.1) is 11.3 Å². The van der Waals surface area contributed by atoms with Gasteiger partial charge in [-0.05, 0) is 47.7 Å². The Bertz CT molecular complexity index is 1570. The minimum absolute atomic E-state index is 0.0147. The van der Waals surface area contributed by atoms with Crippen LogP contribution >= 0.6 is 11.3 Å². The fourth-order valence-electron chi connectivity index (χ4n) is 5.21. The number of nitrogens with zero attached hydrogens (tertiary/aromatic N) is 1. The van der Waals surface area contributed by atoms with E-state index in [1.807, 2.05) is 41.8 Å². The molecule has 2 aromatic heterocycles. The van der Waals surface area contributed by atoms with Crippen molar-refractivity contribution in [3.63, 3.8) is 0 Å². The number of rotatable bonds is 6. The van der Waals surface area contributed by atoms with Crippen LogP contribution < -0.4 is 15.6 Å². The smallest absolute Gasteiger partial charge is 0.341 e. The highest BCUT2D eigenvalue weighted by atomic mass is 32.1. The summed E-state index contributed by atoms with van der Waals surface area (Å²) in [7, 11) is 0. The zero-order chi connectivity index (χ0) is 25.5. The molecule has 6 rings (SSSR count). The predicted octanol–water partition coefficient (Wildman–Crippen LogP) is 4.65. The van der Waals surface area contributed by atoms with Gasteiger partial charge in [-0.25, -0.2) is 9.48 Å². The number of aliphatic carboxylic acids is 1. The molecular formula is C28H23N3O5S. The number of fused-ring (bicyclic) bond motifs is 1. The van der Waals surface area contributed by atoms with Crippen molar-refractivity contribution in [1.82, 2.24) is 9.78 Å². The predicted molar refractivity (Wildman–Crippen MR) is 140 cm³/mol. The van der Waals surface area contributed by atoms with Crippen molar-refractivity contribution in [3.8, 4) is 11.4 Å². The van der Waals surface area contributed by atoms with Gasteiger partial charge in [-0.1, -0.05) is 36.4 Å². The number of anilines is 1. The van der Waals surface area contributed by atoms with E-state index in [1.165, 1.54) is 9.56 Å². The third-order valence-electron chi connectivity index (χ3n) is 6.82. The van der Waals surface area contributed by atoms with Crippen molar-refractivity contribution in [1.29, 1.82) is 0 Å². The van der Waals surface area contributed by atoms with Gasteiger partial charge in [0.1, 0.15) is 11.6 Å². The molecule has 3 heterocycles. The lowest BCUT2D eigenvalue weighted by molar-refractivity contribution is -0.139. The normalized spacial score (nSPS) is 18.6. The number of ether oxygens (including phenoxy) is 1. The first kappa shape index (κ1) is 23.1. The molecule has 8 nitrogen and oxygen atoms in total. The van der Waals surface area contributed by atoms with Gasteiger partial charge in [-0.3, -0.25) is 14.7 Å². The number of aromatic nitrogens is 2. The lowest BCUT2D eigenvalue weighted by Gasteiger charge is -2.34. The van der Waals surface area contributed by atoms with Crippen molar-refractivity contribution in [2.75, 3.05) is 11.9 Å². The molecule has 37 heavy (non-hydrogen) atoms. The molecular weight excluding hydrogens is 490 g/mol. The summed E-state index contributed by atoms with van der Waals surface area (Å²) in [5.41, 5.74) is 3.13. The Balaban J connectivity index is 1.46. The number of thiophene rings is 1. The largest absolute Gasteiger partial charge is 0.482 e. The Morgan fingerprint density at radius 3 is 2.51 bits per heavy atom. The molecule has 1 aliphatic carbocycles. The average Bonchev–Trinajstić information content (AvgIpc) is 3.56. The number of carbonyl (C=O) groups is 2. The van der Waals surface area contributed by atoms with Crippen LogP contribution in [-0.4, -0.2) is 33.2 Å². The maximum Gasteiger partial charge on any atom is 0.341 e. The summed E-state index contributed by atoms with van der Waals surface area (Å²) < 4.78 is 6.78. The topological polar surface area (TPSA) is 113 Å². The molecule has 0 bridgehead atoms. The van der Waals surface area contributed by atoms with Crippen LogP contribution in [0.1, 0.15) is 40.7 Å². The molecule has 9 heteroatoms. The molecule has 0 saturated heterocycles. The summed E-state index contributed by atoms with van der Waals surface area (Å²) in [4.78, 5) is 39.4. The first-order chi connectivity index (χ1) is 18.0. The first-order valence-corrected chi connectivity index (χ1v) is 12.8. The zero-order valence-corrected chi connectivity index (χ0v) is 20.5. The second-order valence-corrected chi connectivity index (χ2v) is 10.1. The van der Waals surface area contributed by atoms with Gasteiger partial charge < -0.3 is 15.2 Å². The lowest BCUT2D eigenvalue weighted by atomic mass is 9.74. The van der Waals surface area contributed by atoms with E-state index in [4.69, 9.17) is 9.84 Å². The first-order valence-electron chi connectivity index (χ1n) is 11.9. The quantitative estimate of drug-likeness (QED) is 0.346. The van der Waals surface area contributed by atoms with Crippen LogP contribution in [0.4, 0.5) is 5.82 Å². The molecule has 2 aromatic carbocycles. The molecule has 0 amide bonds. The minimum Gasteiger partial charge on any atom is -0.482 e. The number of para-hydroxylation sites is 1. The molecule has 0 saturated carbocycles. The van der Waals surface area contributed by atoms with Crippen molar-refractivity contribution in [2.45, 2.75) is 24.7 Å². The zero-order valence-electron chi connectivity index (χ0n) is 19.6. The average molecular weight is 514 g/mol. The SMILES string of the molecule is O=C(O)COc1ccc([C@H]2C3=C(C[C@H](c4cccs4)CC3=O)Nc3[nH]n(-c4ccccc4)c(=O)c32)cc1. The highest BCUT2D eigenvalue weighted by molar-refractivity contribution is 7.10. The van der Waals surface area contributed by atoms with E-state index in [1.54, 1.807) is 35.6 Å². The van der Waals surface area contributed by atoms with E-state index in [9.17, 15) is 14.4 Å². The number of carboxylic acids is 1. The highest BCUT2D eigenvalue weighted by Crippen LogP contribution is 2.47. The highest BCUT2D eigenvalue weighted by Gasteiger charge is 2.41. The number of hydrogen-bond donors (Lipinski definition) is 3. The number of ketones is 1. The second kappa shape index (κ2) is 9.25. The molecule has 186 valence electrons. The van der Waals surface area contributed by atoms with Crippen LogP contribution in [0.3, 0.4) is 0 Å². The number of carbonyl (C=O) groups excluding carboxylic acids is 1. The maximum atomic E-state index is 13.7. The van der Waals surface area contributed by atoms with Crippen molar-refractivity contribution >= 4 is 28.9 Å². The third kappa shape index (κ3) is 4.17. The number of benzene rings is 2. The van der Waals surface area contributed by atoms with Crippen molar-refractivity contribution in [3.05, 3.63) is 110 Å². The molecule has 2 atom stereocenters. The molecule has 0 fully saturated rings. The Hall–Kier alpha value is -4.37. The van der Waals surface area contributed by atoms with Gasteiger partial charge in [-0.15, -0.1) is 11.3 Å². The third-order valence-corrected chi connectivity index (χ3v) is 7.86. The Kier molecular flexibility index (Phi) is 5.77. The van der Waals surface area contributed by atoms with E-state index in [2.05, 4.69) is 16.5 Å². The summed E-state index contributed by atoms with van der Waals surface area (Å²) in [6, 6.07) is 20.3. The van der Waals surface area contributed by atoms with Crippen LogP contribution in [0.5, 0.6) is 5.75 Å². The molecule has 2 aliphatic rings. The summed E-state index contributed by atoms with van der Waals surface area (Å²) >= 11 is 1.65. The monoisotopic (exact) mass is 513 g/mol. The van der Waals surface area contributed by atoms with Crippen molar-refractivity contribution < 1.29 is 19.4 Å². The fraction of sp³-hybridized carbons (Fsp3) is 0.179. The van der Waals surface area contributed by atoms with Crippen molar-refractivity contribution in [2.24, 2.45) is 0 Å². The van der Waals surface area contributed by atoms with Crippen LogP contribution in [0.15, 0.2) is 88.2 Å². The van der Waals surface area contributed by atoms with E-state index in [0.29, 0.717) is 41.2 Å². The van der Waals surface area contributed by atoms with E-state index < -0.39 is 18.5 Å².